The van der Waals surface area contributed by atoms with E-state index in [-0.39, 0.29) is 16.1 Å². The molecule has 1 saturated heterocycles. The molecule has 2 rings (SSSR count). The van der Waals surface area contributed by atoms with Crippen LogP contribution in [0.5, 0.6) is 0 Å². The second kappa shape index (κ2) is 5.58. The van der Waals surface area contributed by atoms with Crippen molar-refractivity contribution in [2.75, 3.05) is 32.4 Å². The van der Waals surface area contributed by atoms with Crippen LogP contribution in [-0.2, 0) is 17.1 Å². The fraction of sp³-hybridized carbons (Fsp3) is 0.769. The van der Waals surface area contributed by atoms with Gasteiger partial charge in [-0.1, -0.05) is 6.92 Å². The Morgan fingerprint density at radius 1 is 1.33 bits per heavy atom. The molecule has 0 aromatic carbocycles. The van der Waals surface area contributed by atoms with Crippen LogP contribution in [0.15, 0.2) is 4.90 Å². The van der Waals surface area contributed by atoms with E-state index in [1.807, 2.05) is 0 Å². The Bertz CT molecular complexity index is 615. The fourth-order valence-corrected chi connectivity index (χ4v) is 4.14. The van der Waals surface area contributed by atoms with E-state index in [1.54, 1.807) is 14.0 Å². The number of nitrogens with one attached hydrogen (secondary N) is 1. The molecule has 0 unspecified atom stereocenters. The molecule has 1 aliphatic heterocycles. The highest BCUT2D eigenvalue weighted by Gasteiger charge is 2.32. The Morgan fingerprint density at radius 2 is 1.90 bits per heavy atom. The van der Waals surface area contributed by atoms with Crippen molar-refractivity contribution in [2.24, 2.45) is 12.5 Å². The van der Waals surface area contributed by atoms with Gasteiger partial charge in [0.2, 0.25) is 10.0 Å². The highest BCUT2D eigenvalue weighted by Crippen LogP contribution is 2.30. The third-order valence-corrected chi connectivity index (χ3v) is 6.02. The molecule has 8 heteroatoms. The largest absolute Gasteiger partial charge is 0.381 e. The maximum Gasteiger partial charge on any atom is 0.246 e. The number of anilines is 1. The number of sulfonamides is 1. The molecule has 7 nitrogen and oxygen atoms in total. The van der Waals surface area contributed by atoms with E-state index in [0.29, 0.717) is 12.2 Å². The van der Waals surface area contributed by atoms with Crippen molar-refractivity contribution in [3.05, 3.63) is 5.69 Å². The minimum absolute atomic E-state index is 0.00947. The molecule has 0 amide bonds. The van der Waals surface area contributed by atoms with E-state index < -0.39 is 10.0 Å². The van der Waals surface area contributed by atoms with Gasteiger partial charge in [0.1, 0.15) is 4.90 Å². The van der Waals surface area contributed by atoms with E-state index >= 15 is 0 Å². The summed E-state index contributed by atoms with van der Waals surface area (Å²) in [5.74, 6) is 0.0519. The highest BCUT2D eigenvalue weighted by molar-refractivity contribution is 7.89. The summed E-state index contributed by atoms with van der Waals surface area (Å²) >= 11 is 0. The Balaban J connectivity index is 2.12. The van der Waals surface area contributed by atoms with Crippen LogP contribution in [0.25, 0.3) is 0 Å². The van der Waals surface area contributed by atoms with Crippen LogP contribution in [0.4, 0.5) is 5.82 Å². The van der Waals surface area contributed by atoms with E-state index in [1.165, 1.54) is 4.68 Å². The molecule has 1 fully saturated rings. The third-order valence-electron chi connectivity index (χ3n) is 4.46. The van der Waals surface area contributed by atoms with Crippen molar-refractivity contribution in [1.82, 2.24) is 19.4 Å². The van der Waals surface area contributed by atoms with Crippen molar-refractivity contribution in [2.45, 2.75) is 31.6 Å². The Hall–Kier alpha value is -1.12. The number of hydrogen-bond donors (Lipinski definition) is 2. The van der Waals surface area contributed by atoms with Gasteiger partial charge in [0.25, 0.3) is 0 Å². The average molecular weight is 315 g/mol. The normalized spacial score (nSPS) is 19.8. The standard InChI is InChI=1S/C13H25N5O2S/c1-10-11(12(14)16-18(10)4)21(19,20)15-9-13(2)5-7-17(3)8-6-13/h15H,5-9H2,1-4H3,(H2,14,16). The topological polar surface area (TPSA) is 93.2 Å². The van der Waals surface area contributed by atoms with Gasteiger partial charge in [-0.2, -0.15) is 5.10 Å². The van der Waals surface area contributed by atoms with E-state index in [2.05, 4.69) is 28.7 Å². The van der Waals surface area contributed by atoms with Gasteiger partial charge in [-0.3, -0.25) is 4.68 Å². The highest BCUT2D eigenvalue weighted by atomic mass is 32.2. The predicted octanol–water partition coefficient (Wildman–Crippen LogP) is 0.321. The zero-order chi connectivity index (χ0) is 15.8. The molecule has 2 heterocycles. The lowest BCUT2D eigenvalue weighted by Crippen LogP contribution is -2.43. The molecule has 3 N–H and O–H groups in total. The van der Waals surface area contributed by atoms with Crippen LogP contribution in [0.2, 0.25) is 0 Å². The van der Waals surface area contributed by atoms with E-state index in [4.69, 9.17) is 5.73 Å². The molecule has 0 saturated carbocycles. The molecule has 0 atom stereocenters. The predicted molar refractivity (Wildman–Crippen MR) is 82.4 cm³/mol. The lowest BCUT2D eigenvalue weighted by molar-refractivity contribution is 0.143. The van der Waals surface area contributed by atoms with Gasteiger partial charge in [-0.15, -0.1) is 0 Å². The van der Waals surface area contributed by atoms with Crippen LogP contribution in [-0.4, -0.2) is 49.8 Å². The maximum atomic E-state index is 12.5. The molecule has 1 aromatic heterocycles. The molecule has 0 aliphatic carbocycles. The van der Waals surface area contributed by atoms with Crippen LogP contribution >= 0.6 is 0 Å². The second-order valence-electron chi connectivity index (χ2n) is 6.36. The monoisotopic (exact) mass is 315 g/mol. The number of nitrogens with zero attached hydrogens (tertiary/aromatic N) is 3. The molecule has 0 spiro atoms. The van der Waals surface area contributed by atoms with Gasteiger partial charge < -0.3 is 10.6 Å². The molecular formula is C13H25N5O2S. The van der Waals surface area contributed by atoms with Crippen LogP contribution in [0.3, 0.4) is 0 Å². The molecule has 0 radical (unpaired) electrons. The summed E-state index contributed by atoms with van der Waals surface area (Å²) in [5, 5.41) is 3.97. The average Bonchev–Trinajstić information content (AvgIpc) is 2.66. The molecule has 1 aromatic rings. The fourth-order valence-electron chi connectivity index (χ4n) is 2.62. The molecular weight excluding hydrogens is 290 g/mol. The molecule has 21 heavy (non-hydrogen) atoms. The van der Waals surface area contributed by atoms with Crippen molar-refractivity contribution in [1.29, 1.82) is 0 Å². The smallest absolute Gasteiger partial charge is 0.246 e. The zero-order valence-corrected chi connectivity index (χ0v) is 14.0. The van der Waals surface area contributed by atoms with Gasteiger partial charge >= 0.3 is 0 Å². The van der Waals surface area contributed by atoms with Crippen LogP contribution < -0.4 is 10.5 Å². The first-order valence-corrected chi connectivity index (χ1v) is 8.60. The summed E-state index contributed by atoms with van der Waals surface area (Å²) < 4.78 is 29.2. The van der Waals surface area contributed by atoms with Crippen molar-refractivity contribution < 1.29 is 8.42 Å². The number of piperidine rings is 1. The van der Waals surface area contributed by atoms with Crippen LogP contribution in [0.1, 0.15) is 25.5 Å². The minimum atomic E-state index is -3.62. The third kappa shape index (κ3) is 3.38. The Morgan fingerprint density at radius 3 is 2.38 bits per heavy atom. The zero-order valence-electron chi connectivity index (χ0n) is 13.2. The SMILES string of the molecule is Cc1c(S(=O)(=O)NCC2(C)CCN(C)CC2)c(N)nn1C. The van der Waals surface area contributed by atoms with Gasteiger partial charge in [-0.05, 0) is 45.3 Å². The number of nitrogen functional groups attached to an aromatic ring is 1. The summed E-state index contributed by atoms with van der Waals surface area (Å²) in [6, 6.07) is 0. The molecule has 0 bridgehead atoms. The Kier molecular flexibility index (Phi) is 4.32. The lowest BCUT2D eigenvalue weighted by atomic mass is 9.81. The summed E-state index contributed by atoms with van der Waals surface area (Å²) in [5.41, 5.74) is 6.27. The summed E-state index contributed by atoms with van der Waals surface area (Å²) in [4.78, 5) is 2.36. The van der Waals surface area contributed by atoms with Crippen molar-refractivity contribution in [3.63, 3.8) is 0 Å². The summed E-state index contributed by atoms with van der Waals surface area (Å²) in [7, 11) is 0.147. The van der Waals surface area contributed by atoms with Crippen LogP contribution in [0, 0.1) is 12.3 Å². The maximum absolute atomic E-state index is 12.5. The number of nitrogens with two attached hydrogens (primary N) is 1. The van der Waals surface area contributed by atoms with E-state index in [0.717, 1.165) is 25.9 Å². The lowest BCUT2D eigenvalue weighted by Gasteiger charge is -2.37. The molecule has 120 valence electrons. The second-order valence-corrected chi connectivity index (χ2v) is 8.07. The van der Waals surface area contributed by atoms with Crippen molar-refractivity contribution in [3.8, 4) is 0 Å². The first-order valence-electron chi connectivity index (χ1n) is 7.12. The number of rotatable bonds is 4. The number of hydrogen-bond acceptors (Lipinski definition) is 5. The van der Waals surface area contributed by atoms with Gasteiger partial charge in [0, 0.05) is 13.6 Å². The minimum Gasteiger partial charge on any atom is -0.381 e. The van der Waals surface area contributed by atoms with Gasteiger partial charge in [0.05, 0.1) is 5.69 Å². The number of likely N-dealkylation sites (tertiary alicyclic amines) is 1. The first kappa shape index (κ1) is 16.3. The quantitative estimate of drug-likeness (QED) is 0.835. The number of aryl methyl sites for hydroxylation is 1. The first-order chi connectivity index (χ1) is 9.65. The van der Waals surface area contributed by atoms with Crippen molar-refractivity contribution >= 4 is 15.8 Å². The van der Waals surface area contributed by atoms with E-state index in [9.17, 15) is 8.42 Å². The number of aromatic nitrogens is 2. The molecule has 1 aliphatic rings. The summed E-state index contributed by atoms with van der Waals surface area (Å²) in [6.45, 7) is 6.24. The van der Waals surface area contributed by atoms with Gasteiger partial charge in [-0.25, -0.2) is 13.1 Å². The summed E-state index contributed by atoms with van der Waals surface area (Å²) in [6.07, 6.45) is 1.96. The van der Waals surface area contributed by atoms with Gasteiger partial charge in [0.15, 0.2) is 5.82 Å². The Labute approximate surface area is 126 Å².